The number of carbonyl (C=O) groups excluding carboxylic acids is 1. The van der Waals surface area contributed by atoms with Crippen molar-refractivity contribution in [2.75, 3.05) is 19.6 Å². The Hall–Kier alpha value is -1.92. The second-order valence-electron chi connectivity index (χ2n) is 7.55. The number of nitrogens with one attached hydrogen (secondary N) is 2. The molecule has 2 aromatic rings. The average Bonchev–Trinajstić information content (AvgIpc) is 2.90. The molecule has 1 aromatic carbocycles. The van der Waals surface area contributed by atoms with E-state index >= 15 is 0 Å². The molecule has 1 aromatic heterocycles. The molecule has 0 radical (unpaired) electrons. The van der Waals surface area contributed by atoms with Crippen molar-refractivity contribution in [2.24, 2.45) is 5.41 Å². The minimum atomic E-state index is -0.277. The smallest absolute Gasteiger partial charge is 0.224 e. The van der Waals surface area contributed by atoms with Crippen LogP contribution in [0.15, 0.2) is 24.3 Å². The van der Waals surface area contributed by atoms with Crippen molar-refractivity contribution in [3.63, 3.8) is 0 Å². The highest BCUT2D eigenvalue weighted by Crippen LogP contribution is 2.26. The lowest BCUT2D eigenvalue weighted by molar-refractivity contribution is -0.121. The topological polar surface area (TPSA) is 59.0 Å². The molecule has 148 valence electrons. The van der Waals surface area contributed by atoms with Crippen molar-refractivity contribution in [3.8, 4) is 5.69 Å². The molecule has 2 N–H and O–H groups in total. The monoisotopic (exact) mass is 394 g/mol. The Bertz CT molecular complexity index is 782. The first-order valence-corrected chi connectivity index (χ1v) is 9.16. The van der Waals surface area contributed by atoms with E-state index in [-0.39, 0.29) is 29.5 Å². The lowest BCUT2D eigenvalue weighted by Gasteiger charge is -2.34. The summed E-state index contributed by atoms with van der Waals surface area (Å²) in [5.41, 5.74) is 3.64. The highest BCUT2D eigenvalue weighted by Gasteiger charge is 2.27. The van der Waals surface area contributed by atoms with Crippen molar-refractivity contribution in [1.29, 1.82) is 0 Å². The van der Waals surface area contributed by atoms with Crippen molar-refractivity contribution >= 4 is 18.3 Å². The lowest BCUT2D eigenvalue weighted by atomic mass is 9.81. The van der Waals surface area contributed by atoms with Crippen LogP contribution in [0.25, 0.3) is 5.69 Å². The number of carbonyl (C=O) groups is 1. The molecule has 1 saturated heterocycles. The van der Waals surface area contributed by atoms with Crippen LogP contribution in [0, 0.1) is 25.1 Å². The van der Waals surface area contributed by atoms with Crippen LogP contribution in [0.2, 0.25) is 0 Å². The minimum Gasteiger partial charge on any atom is -0.355 e. The second-order valence-corrected chi connectivity index (χ2v) is 7.55. The van der Waals surface area contributed by atoms with Gasteiger partial charge < -0.3 is 10.6 Å². The Morgan fingerprint density at radius 3 is 2.52 bits per heavy atom. The van der Waals surface area contributed by atoms with E-state index < -0.39 is 0 Å². The zero-order valence-electron chi connectivity index (χ0n) is 16.1. The molecule has 0 saturated carbocycles. The molecule has 5 nitrogen and oxygen atoms in total. The molecule has 0 aliphatic carbocycles. The predicted octanol–water partition coefficient (Wildman–Crippen LogP) is 3.10. The van der Waals surface area contributed by atoms with Crippen molar-refractivity contribution < 1.29 is 9.18 Å². The van der Waals surface area contributed by atoms with Crippen LogP contribution in [0.3, 0.4) is 0 Å². The van der Waals surface area contributed by atoms with Gasteiger partial charge in [0.1, 0.15) is 5.82 Å². The number of benzene rings is 1. The molecular formula is C20H28ClFN4O. The van der Waals surface area contributed by atoms with Crippen LogP contribution in [0.5, 0.6) is 0 Å². The largest absolute Gasteiger partial charge is 0.355 e. The van der Waals surface area contributed by atoms with Gasteiger partial charge >= 0.3 is 0 Å². The van der Waals surface area contributed by atoms with E-state index in [4.69, 9.17) is 0 Å². The molecule has 0 spiro atoms. The highest BCUT2D eigenvalue weighted by molar-refractivity contribution is 5.85. The number of aromatic nitrogens is 2. The van der Waals surface area contributed by atoms with Gasteiger partial charge in [0, 0.05) is 17.8 Å². The molecule has 1 amide bonds. The first-order valence-electron chi connectivity index (χ1n) is 9.16. The van der Waals surface area contributed by atoms with Gasteiger partial charge in [-0.05, 0) is 69.5 Å². The van der Waals surface area contributed by atoms with E-state index in [1.54, 1.807) is 16.8 Å². The molecule has 27 heavy (non-hydrogen) atoms. The van der Waals surface area contributed by atoms with Gasteiger partial charge in [0.15, 0.2) is 0 Å². The van der Waals surface area contributed by atoms with Crippen LogP contribution >= 0.6 is 12.4 Å². The zero-order valence-corrected chi connectivity index (χ0v) is 17.0. The van der Waals surface area contributed by atoms with Gasteiger partial charge in [-0.3, -0.25) is 4.79 Å². The Morgan fingerprint density at radius 2 is 1.89 bits per heavy atom. The van der Waals surface area contributed by atoms with Crippen LogP contribution < -0.4 is 10.6 Å². The maximum Gasteiger partial charge on any atom is 0.224 e. The van der Waals surface area contributed by atoms with Gasteiger partial charge in [-0.25, -0.2) is 9.07 Å². The Balaban J connectivity index is 0.00000261. The molecule has 0 unspecified atom stereocenters. The molecule has 7 heteroatoms. The molecular weight excluding hydrogens is 367 g/mol. The molecule has 2 heterocycles. The van der Waals surface area contributed by atoms with Gasteiger partial charge in [-0.1, -0.05) is 6.92 Å². The summed E-state index contributed by atoms with van der Waals surface area (Å²) in [5, 5.41) is 11.0. The van der Waals surface area contributed by atoms with Gasteiger partial charge in [0.05, 0.1) is 17.8 Å². The molecule has 1 aliphatic heterocycles. The third kappa shape index (κ3) is 5.08. The summed E-state index contributed by atoms with van der Waals surface area (Å²) in [6.07, 6.45) is 2.47. The number of hydrogen-bond acceptors (Lipinski definition) is 3. The number of nitrogens with zero attached hydrogens (tertiary/aromatic N) is 2. The first kappa shape index (κ1) is 21.4. The summed E-state index contributed by atoms with van der Waals surface area (Å²) in [5.74, 6) is -0.254. The zero-order chi connectivity index (χ0) is 18.7. The normalized spacial score (nSPS) is 15.9. The third-order valence-electron chi connectivity index (χ3n) is 5.37. The predicted molar refractivity (Wildman–Crippen MR) is 107 cm³/mol. The average molecular weight is 395 g/mol. The highest BCUT2D eigenvalue weighted by atomic mass is 35.5. The van der Waals surface area contributed by atoms with E-state index in [2.05, 4.69) is 22.7 Å². The van der Waals surface area contributed by atoms with E-state index in [0.29, 0.717) is 13.0 Å². The maximum atomic E-state index is 13.1. The first-order chi connectivity index (χ1) is 12.4. The summed E-state index contributed by atoms with van der Waals surface area (Å²) in [4.78, 5) is 12.5. The Labute approximate surface area is 166 Å². The molecule has 3 rings (SSSR count). The van der Waals surface area contributed by atoms with Crippen molar-refractivity contribution in [2.45, 2.75) is 40.0 Å². The number of amides is 1. The van der Waals surface area contributed by atoms with Gasteiger partial charge in [-0.2, -0.15) is 5.10 Å². The lowest BCUT2D eigenvalue weighted by Crippen LogP contribution is -2.43. The van der Waals surface area contributed by atoms with Gasteiger partial charge in [0.25, 0.3) is 0 Å². The standard InChI is InChI=1S/C20H27FN4O.ClH/c1-14-18(12-19(26)23-13-20(3)8-10-22-11-9-20)15(2)25(24-14)17-6-4-16(21)5-7-17;/h4-7,22H,8-13H2,1-3H3,(H,23,26);1H. The number of halogens is 2. The van der Waals surface area contributed by atoms with Crippen LogP contribution in [0.4, 0.5) is 4.39 Å². The Morgan fingerprint density at radius 1 is 1.26 bits per heavy atom. The van der Waals surface area contributed by atoms with E-state index in [0.717, 1.165) is 48.6 Å². The summed E-state index contributed by atoms with van der Waals surface area (Å²) in [7, 11) is 0. The summed E-state index contributed by atoms with van der Waals surface area (Å²) in [6, 6.07) is 6.21. The number of aryl methyl sites for hydroxylation is 1. The minimum absolute atomic E-state index is 0. The van der Waals surface area contributed by atoms with Gasteiger partial charge in [0.2, 0.25) is 5.91 Å². The fourth-order valence-electron chi connectivity index (χ4n) is 3.51. The molecule has 0 atom stereocenters. The maximum absolute atomic E-state index is 13.1. The summed E-state index contributed by atoms with van der Waals surface area (Å²) in [6.45, 7) is 8.81. The summed E-state index contributed by atoms with van der Waals surface area (Å²) >= 11 is 0. The molecule has 0 bridgehead atoms. The van der Waals surface area contributed by atoms with Crippen LogP contribution in [-0.4, -0.2) is 35.3 Å². The SMILES string of the molecule is Cc1nn(-c2ccc(F)cc2)c(C)c1CC(=O)NCC1(C)CCNCC1.Cl. The number of piperidine rings is 1. The fourth-order valence-corrected chi connectivity index (χ4v) is 3.51. The van der Waals surface area contributed by atoms with E-state index in [1.165, 1.54) is 12.1 Å². The quantitative estimate of drug-likeness (QED) is 0.819. The van der Waals surface area contributed by atoms with E-state index in [1.807, 2.05) is 13.8 Å². The Kier molecular flexibility index (Phi) is 7.00. The van der Waals surface area contributed by atoms with Crippen LogP contribution in [-0.2, 0) is 11.2 Å². The van der Waals surface area contributed by atoms with Gasteiger partial charge in [-0.15, -0.1) is 12.4 Å². The molecule has 1 fully saturated rings. The van der Waals surface area contributed by atoms with Crippen molar-refractivity contribution in [1.82, 2.24) is 20.4 Å². The fraction of sp³-hybridized carbons (Fsp3) is 0.500. The van der Waals surface area contributed by atoms with Crippen molar-refractivity contribution in [3.05, 3.63) is 47.0 Å². The third-order valence-corrected chi connectivity index (χ3v) is 5.37. The summed E-state index contributed by atoms with van der Waals surface area (Å²) < 4.78 is 14.9. The second kappa shape index (κ2) is 8.85. The number of hydrogen-bond donors (Lipinski definition) is 2. The van der Waals surface area contributed by atoms with E-state index in [9.17, 15) is 9.18 Å². The van der Waals surface area contributed by atoms with Crippen LogP contribution in [0.1, 0.15) is 36.7 Å². The number of rotatable bonds is 5. The molecule has 1 aliphatic rings.